The lowest BCUT2D eigenvalue weighted by Gasteiger charge is -2.49. The molecule has 0 nitrogen and oxygen atoms in total. The van der Waals surface area contributed by atoms with Gasteiger partial charge in [-0.3, -0.25) is 0 Å². The Morgan fingerprint density at radius 1 is 0.487 bits per heavy atom. The second-order valence-corrected chi connectivity index (χ2v) is 29.7. The van der Waals surface area contributed by atoms with Gasteiger partial charge in [-0.25, -0.2) is 0 Å². The maximum Gasteiger partial charge on any atom is 0.0158 e. The summed E-state index contributed by atoms with van der Waals surface area (Å²) in [7, 11) is 0. The Morgan fingerprint density at radius 3 is 1.49 bits per heavy atom. The van der Waals surface area contributed by atoms with Crippen molar-refractivity contribution in [3.8, 4) is 0 Å². The molecule has 17 atom stereocenters. The molecule has 0 aliphatic rings. The van der Waals surface area contributed by atoms with Crippen LogP contribution in [0, 0.1) is 75.4 Å². The van der Waals surface area contributed by atoms with Gasteiger partial charge in [0.1, 0.15) is 0 Å². The Bertz CT molecular complexity index is 1490. The quantitative estimate of drug-likeness (QED) is 0.0339. The summed E-state index contributed by atoms with van der Waals surface area (Å²) in [5.74, 6) is 6.50. The average Bonchev–Trinajstić information content (AvgIpc) is 3.44. The largest absolute Gasteiger partial charge is 0.176 e. The van der Waals surface area contributed by atoms with Gasteiger partial charge in [0.2, 0.25) is 0 Å². The first-order chi connectivity index (χ1) is 37.3. The molecule has 4 heteroatoms. The summed E-state index contributed by atoms with van der Waals surface area (Å²) in [6.45, 7) is 49.4. The van der Waals surface area contributed by atoms with E-state index in [9.17, 15) is 0 Å². The van der Waals surface area contributed by atoms with Crippen LogP contribution in [-0.2, 0) is 0 Å². The molecule has 0 aliphatic carbocycles. The summed E-state index contributed by atoms with van der Waals surface area (Å²) < 4.78 is 0.0385. The van der Waals surface area contributed by atoms with Crippen LogP contribution in [0.2, 0.25) is 0 Å². The van der Waals surface area contributed by atoms with Gasteiger partial charge >= 0.3 is 0 Å². The topological polar surface area (TPSA) is 0 Å². The van der Waals surface area contributed by atoms with Crippen LogP contribution < -0.4 is 0 Å². The molecule has 0 rings (SSSR count). The molecule has 0 heterocycles. The zero-order valence-electron chi connectivity index (χ0n) is 56.9. The molecule has 0 bridgehead atoms. The smallest absolute Gasteiger partial charge is 0.0158 e. The number of allylic oxidation sites excluding steroid dienone is 4. The Labute approximate surface area is 517 Å². The highest BCUT2D eigenvalue weighted by atomic mass is 32.1. The van der Waals surface area contributed by atoms with Crippen LogP contribution in [0.25, 0.3) is 0 Å². The van der Waals surface area contributed by atoms with Crippen LogP contribution in [0.4, 0.5) is 0 Å². The van der Waals surface area contributed by atoms with Crippen molar-refractivity contribution in [2.24, 2.45) is 75.4 Å². The molecule has 0 spiro atoms. The number of hydrogen-bond acceptors (Lipinski definition) is 4. The fraction of sp³-hybridized carbons (Fsp3) is 0.946. The Kier molecular flexibility index (Phi) is 44.0. The van der Waals surface area contributed by atoms with E-state index in [1.165, 1.54) is 199 Å². The molecule has 0 N–H and O–H groups in total. The van der Waals surface area contributed by atoms with Crippen molar-refractivity contribution in [2.75, 3.05) is 0 Å². The molecule has 0 aromatic rings. The van der Waals surface area contributed by atoms with Gasteiger partial charge in [-0.2, -0.15) is 50.5 Å². The highest BCUT2D eigenvalue weighted by Crippen LogP contribution is 2.55. The van der Waals surface area contributed by atoms with Crippen LogP contribution in [0.5, 0.6) is 0 Å². The lowest BCUT2D eigenvalue weighted by Crippen LogP contribution is -2.43. The Balaban J connectivity index is 8.39. The van der Waals surface area contributed by atoms with Crippen LogP contribution >= 0.6 is 50.5 Å². The van der Waals surface area contributed by atoms with E-state index in [4.69, 9.17) is 50.5 Å². The third-order valence-corrected chi connectivity index (χ3v) is 25.2. The van der Waals surface area contributed by atoms with Gasteiger partial charge in [-0.1, -0.05) is 265 Å². The SMILES string of the molecule is CC/C=C/C(CC)(CC(S)CC(CC)(CCC(S)C(CC)(CC(/C=C(\CC)C(CC)CCC)CC(CC(C)C(S)C(CC)C(CC)CCC)CC(S)(CC)C(CC)CCC)C(CC)CCC)C(CC)CCC)C(CC)CCC. The molecule has 0 aromatic carbocycles. The third-order valence-electron chi connectivity index (χ3n) is 22.3. The second-order valence-electron chi connectivity index (χ2n) is 26.8. The molecule has 0 aromatic heterocycles. The van der Waals surface area contributed by atoms with E-state index in [0.29, 0.717) is 69.0 Å². The number of thiol groups is 4. The minimum absolute atomic E-state index is 0.0385. The summed E-state index contributed by atoms with van der Waals surface area (Å²) in [6.07, 6.45) is 49.3. The predicted octanol–water partition coefficient (Wildman–Crippen LogP) is 26.4. The van der Waals surface area contributed by atoms with Crippen molar-refractivity contribution in [2.45, 2.75) is 371 Å². The summed E-state index contributed by atoms with van der Waals surface area (Å²) in [6, 6.07) is 0. The molecule has 466 valence electrons. The molecular weight excluding hydrogens is 1020 g/mol. The molecule has 78 heavy (non-hydrogen) atoms. The van der Waals surface area contributed by atoms with Crippen LogP contribution in [-0.4, -0.2) is 20.5 Å². The molecular formula is C74H146S4. The fourth-order valence-electron chi connectivity index (χ4n) is 17.6. The van der Waals surface area contributed by atoms with E-state index in [1.54, 1.807) is 5.57 Å². The van der Waals surface area contributed by atoms with Crippen molar-refractivity contribution in [3.05, 3.63) is 23.8 Å². The van der Waals surface area contributed by atoms with Crippen molar-refractivity contribution < 1.29 is 0 Å². The normalized spacial score (nSPS) is 21.0. The summed E-state index contributed by atoms with van der Waals surface area (Å²) >= 11 is 23.6. The average molecular weight is 1160 g/mol. The van der Waals surface area contributed by atoms with Gasteiger partial charge in [0.15, 0.2) is 0 Å². The van der Waals surface area contributed by atoms with E-state index in [0.717, 1.165) is 18.8 Å². The van der Waals surface area contributed by atoms with E-state index >= 15 is 0 Å². The lowest BCUT2D eigenvalue weighted by molar-refractivity contribution is 0.0611. The zero-order valence-corrected chi connectivity index (χ0v) is 60.4. The first-order valence-electron chi connectivity index (χ1n) is 35.4. The first-order valence-corrected chi connectivity index (χ1v) is 37.4. The van der Waals surface area contributed by atoms with E-state index in [2.05, 4.69) is 157 Å². The maximum atomic E-state index is 6.16. The summed E-state index contributed by atoms with van der Waals surface area (Å²) in [5, 5.41) is 1.15. The third kappa shape index (κ3) is 24.0. The van der Waals surface area contributed by atoms with E-state index < -0.39 is 0 Å². The Hall–Kier alpha value is 0.880. The monoisotopic (exact) mass is 1160 g/mol. The first kappa shape index (κ1) is 78.9. The van der Waals surface area contributed by atoms with Crippen molar-refractivity contribution in [1.82, 2.24) is 0 Å². The molecule has 17 unspecified atom stereocenters. The standard InChI is InChI=1S/C74H146S4/c1-21-40-48-71(36-16,63(31-11)43-24-4)55-67(75)56-72(37-17,64(32-12)44-25-5)49-47-69(76)73(38-18,65(33-13)45-26-6)53-59(52-62(30-10)60(28-8)41-22-2)51-58(54-74(78,39-19)66(34-14)46-27-7)50-57(20)70(77)68(35-15)61(29-9)42-23-3/h40,48,52,57-61,63-70,75-78H,21-39,41-47,49-51,53-56H2,1-20H3/b48-40+,62-52+. The minimum Gasteiger partial charge on any atom is -0.176 e. The van der Waals surface area contributed by atoms with Gasteiger partial charge in [0.05, 0.1) is 0 Å². The summed E-state index contributed by atoms with van der Waals surface area (Å²) in [4.78, 5) is 0. The van der Waals surface area contributed by atoms with Crippen molar-refractivity contribution in [3.63, 3.8) is 0 Å². The van der Waals surface area contributed by atoms with Gasteiger partial charge < -0.3 is 0 Å². The molecule has 0 saturated carbocycles. The van der Waals surface area contributed by atoms with Crippen LogP contribution in [0.15, 0.2) is 23.8 Å². The second kappa shape index (κ2) is 43.5. The molecule has 0 aliphatic heterocycles. The number of hydrogen-bond donors (Lipinski definition) is 4. The van der Waals surface area contributed by atoms with Crippen LogP contribution in [0.3, 0.4) is 0 Å². The lowest BCUT2D eigenvalue weighted by atomic mass is 9.59. The van der Waals surface area contributed by atoms with Crippen LogP contribution in [0.1, 0.15) is 350 Å². The van der Waals surface area contributed by atoms with Gasteiger partial charge in [0.25, 0.3) is 0 Å². The molecule has 0 amide bonds. The molecule has 0 radical (unpaired) electrons. The van der Waals surface area contributed by atoms with Gasteiger partial charge in [0, 0.05) is 20.5 Å². The highest BCUT2D eigenvalue weighted by Gasteiger charge is 2.47. The van der Waals surface area contributed by atoms with E-state index in [1.807, 2.05) is 0 Å². The van der Waals surface area contributed by atoms with Gasteiger partial charge in [-0.05, 0) is 185 Å². The maximum absolute atomic E-state index is 6.16. The Morgan fingerprint density at radius 2 is 1.04 bits per heavy atom. The minimum atomic E-state index is 0.0385. The number of rotatable bonds is 51. The molecule has 0 saturated heterocycles. The van der Waals surface area contributed by atoms with E-state index in [-0.39, 0.29) is 21.0 Å². The zero-order chi connectivity index (χ0) is 59.5. The highest BCUT2D eigenvalue weighted by molar-refractivity contribution is 7.82. The predicted molar refractivity (Wildman–Crippen MR) is 375 cm³/mol. The molecule has 0 fully saturated rings. The summed E-state index contributed by atoms with van der Waals surface area (Å²) in [5.41, 5.74) is 2.37. The van der Waals surface area contributed by atoms with Gasteiger partial charge in [-0.15, -0.1) is 0 Å². The fourth-order valence-corrected chi connectivity index (χ4v) is 20.1. The van der Waals surface area contributed by atoms with Crippen molar-refractivity contribution >= 4 is 50.5 Å². The van der Waals surface area contributed by atoms with Crippen molar-refractivity contribution in [1.29, 1.82) is 0 Å².